The number of fused-ring (bicyclic) bond motifs is 3. The van der Waals surface area contributed by atoms with Gasteiger partial charge in [-0.25, -0.2) is 9.97 Å². The maximum absolute atomic E-state index is 13.1. The summed E-state index contributed by atoms with van der Waals surface area (Å²) >= 11 is 0. The summed E-state index contributed by atoms with van der Waals surface area (Å²) in [4.78, 5) is 20.3. The third-order valence-electron chi connectivity index (χ3n) is 3.92. The van der Waals surface area contributed by atoms with Crippen LogP contribution < -0.4 is 10.3 Å². The van der Waals surface area contributed by atoms with Crippen molar-refractivity contribution < 1.29 is 31.1 Å². The number of alkyl halides is 5. The molecule has 0 aliphatic carbocycles. The monoisotopic (exact) mass is 397 g/mol. The molecule has 0 fully saturated rings. The molecular formula is C17H8F5N3O3. The summed E-state index contributed by atoms with van der Waals surface area (Å²) in [6.45, 7) is -3.05. The maximum atomic E-state index is 13.1. The van der Waals surface area contributed by atoms with E-state index in [1.807, 2.05) is 0 Å². The number of oxazole rings is 1. The van der Waals surface area contributed by atoms with Crippen LogP contribution in [0.4, 0.5) is 22.0 Å². The summed E-state index contributed by atoms with van der Waals surface area (Å²) in [6.07, 6.45) is -3.74. The minimum Gasteiger partial charge on any atom is -0.438 e. The molecule has 0 aliphatic heterocycles. The molecule has 4 rings (SSSR count). The van der Waals surface area contributed by atoms with Crippen molar-refractivity contribution in [2.75, 3.05) is 0 Å². The van der Waals surface area contributed by atoms with Crippen LogP contribution in [0.1, 0.15) is 5.69 Å². The summed E-state index contributed by atoms with van der Waals surface area (Å²) in [5.74, 6) is -0.180. The van der Waals surface area contributed by atoms with Crippen LogP contribution in [0.25, 0.3) is 27.8 Å². The minimum atomic E-state index is -4.73. The zero-order valence-electron chi connectivity index (χ0n) is 13.6. The first-order chi connectivity index (χ1) is 13.3. The van der Waals surface area contributed by atoms with Gasteiger partial charge in [0.1, 0.15) is 22.6 Å². The van der Waals surface area contributed by atoms with Gasteiger partial charge in [0.15, 0.2) is 6.39 Å². The number of hydrogen-bond donors (Lipinski definition) is 0. The van der Waals surface area contributed by atoms with Gasteiger partial charge in [0.2, 0.25) is 5.58 Å². The Bertz CT molecular complexity index is 1230. The van der Waals surface area contributed by atoms with E-state index >= 15 is 0 Å². The van der Waals surface area contributed by atoms with Crippen LogP contribution in [0.3, 0.4) is 0 Å². The molecule has 4 aromatic rings. The first-order valence-corrected chi connectivity index (χ1v) is 7.67. The van der Waals surface area contributed by atoms with Gasteiger partial charge in [-0.3, -0.25) is 9.36 Å². The molecule has 0 N–H and O–H groups in total. The van der Waals surface area contributed by atoms with Crippen LogP contribution in [0, 0.1) is 0 Å². The summed E-state index contributed by atoms with van der Waals surface area (Å²) in [6, 6.07) is 6.69. The molecule has 0 unspecified atom stereocenters. The lowest BCUT2D eigenvalue weighted by Gasteiger charge is -2.13. The van der Waals surface area contributed by atoms with Crippen molar-refractivity contribution >= 4 is 22.1 Å². The molecule has 11 heteroatoms. The lowest BCUT2D eigenvalue weighted by atomic mass is 10.2. The number of halogens is 5. The Morgan fingerprint density at radius 3 is 2.43 bits per heavy atom. The fourth-order valence-electron chi connectivity index (χ4n) is 2.77. The van der Waals surface area contributed by atoms with E-state index in [0.717, 1.165) is 35.2 Å². The number of rotatable bonds is 3. The van der Waals surface area contributed by atoms with Crippen LogP contribution >= 0.6 is 0 Å². The number of nitrogens with zero attached hydrogens (tertiary/aromatic N) is 3. The maximum Gasteiger partial charge on any atom is 0.433 e. The van der Waals surface area contributed by atoms with Gasteiger partial charge < -0.3 is 9.15 Å². The van der Waals surface area contributed by atoms with E-state index in [2.05, 4.69) is 14.7 Å². The Hall–Kier alpha value is -3.50. The standard InChI is InChI=1S/C17H8F5N3O3/c18-16(19)28-9-3-1-8(2-4-9)25-14-10(5-6-11(24-14)17(20,21)22)12-13(15(25)26)27-7-23-12/h1-7,16H. The molecule has 0 atom stereocenters. The molecule has 28 heavy (non-hydrogen) atoms. The van der Waals surface area contributed by atoms with Crippen molar-refractivity contribution in [2.24, 2.45) is 0 Å². The Kier molecular flexibility index (Phi) is 4.02. The molecule has 0 saturated heterocycles. The lowest BCUT2D eigenvalue weighted by molar-refractivity contribution is -0.141. The highest BCUT2D eigenvalue weighted by atomic mass is 19.4. The summed E-state index contributed by atoms with van der Waals surface area (Å²) < 4.78 is 74.1. The molecule has 0 saturated carbocycles. The number of hydrogen-bond acceptors (Lipinski definition) is 5. The summed E-state index contributed by atoms with van der Waals surface area (Å²) in [7, 11) is 0. The van der Waals surface area contributed by atoms with Gasteiger partial charge in [0, 0.05) is 5.39 Å². The van der Waals surface area contributed by atoms with Crippen molar-refractivity contribution in [3.05, 3.63) is 58.8 Å². The molecular weight excluding hydrogens is 389 g/mol. The van der Waals surface area contributed by atoms with Crippen molar-refractivity contribution in [3.8, 4) is 11.4 Å². The Balaban J connectivity index is 2.02. The van der Waals surface area contributed by atoms with Crippen LogP contribution in [0.5, 0.6) is 5.75 Å². The molecule has 0 aliphatic rings. The highest BCUT2D eigenvalue weighted by molar-refractivity contribution is 6.00. The van der Waals surface area contributed by atoms with E-state index in [0.29, 0.717) is 0 Å². The second-order valence-electron chi connectivity index (χ2n) is 5.61. The average Bonchev–Trinajstić information content (AvgIpc) is 3.12. The van der Waals surface area contributed by atoms with Gasteiger partial charge in [0.05, 0.1) is 5.69 Å². The zero-order valence-corrected chi connectivity index (χ0v) is 13.6. The first kappa shape index (κ1) is 17.9. The van der Waals surface area contributed by atoms with Gasteiger partial charge in [-0.05, 0) is 36.4 Å². The van der Waals surface area contributed by atoms with E-state index < -0.39 is 24.0 Å². The molecule has 3 aromatic heterocycles. The number of ether oxygens (including phenoxy) is 1. The normalized spacial score (nSPS) is 12.2. The van der Waals surface area contributed by atoms with Gasteiger partial charge in [-0.15, -0.1) is 0 Å². The van der Waals surface area contributed by atoms with Gasteiger partial charge >= 0.3 is 18.3 Å². The highest BCUT2D eigenvalue weighted by Gasteiger charge is 2.33. The quantitative estimate of drug-likeness (QED) is 0.486. The Labute approximate surface area is 151 Å². The number of aromatic nitrogens is 3. The van der Waals surface area contributed by atoms with E-state index in [-0.39, 0.29) is 33.6 Å². The molecule has 0 amide bonds. The van der Waals surface area contributed by atoms with Crippen molar-refractivity contribution in [3.63, 3.8) is 0 Å². The molecule has 3 heterocycles. The average molecular weight is 397 g/mol. The summed E-state index contributed by atoms with van der Waals surface area (Å²) in [5.41, 5.74) is -2.33. The highest BCUT2D eigenvalue weighted by Crippen LogP contribution is 2.31. The van der Waals surface area contributed by atoms with Gasteiger partial charge in [-0.1, -0.05) is 0 Å². The van der Waals surface area contributed by atoms with E-state index in [1.165, 1.54) is 12.1 Å². The van der Waals surface area contributed by atoms with Crippen molar-refractivity contribution in [2.45, 2.75) is 12.8 Å². The number of benzene rings is 1. The van der Waals surface area contributed by atoms with Crippen molar-refractivity contribution in [1.29, 1.82) is 0 Å². The second-order valence-corrected chi connectivity index (χ2v) is 5.61. The SMILES string of the molecule is O=c1c2ocnc2c2ccc(C(F)(F)F)nc2n1-c1ccc(OC(F)F)cc1. The lowest BCUT2D eigenvalue weighted by Crippen LogP contribution is -2.21. The molecule has 0 bridgehead atoms. The van der Waals surface area contributed by atoms with Crippen LogP contribution in [0.2, 0.25) is 0 Å². The van der Waals surface area contributed by atoms with Gasteiger partial charge in [0.25, 0.3) is 0 Å². The Morgan fingerprint density at radius 1 is 1.07 bits per heavy atom. The smallest absolute Gasteiger partial charge is 0.433 e. The molecule has 1 aromatic carbocycles. The van der Waals surface area contributed by atoms with E-state index in [1.54, 1.807) is 0 Å². The molecule has 0 spiro atoms. The predicted octanol–water partition coefficient (Wildman–Crippen LogP) is 4.15. The number of pyridine rings is 2. The second kappa shape index (κ2) is 6.29. The molecule has 0 radical (unpaired) electrons. The van der Waals surface area contributed by atoms with E-state index in [9.17, 15) is 26.7 Å². The largest absolute Gasteiger partial charge is 0.438 e. The van der Waals surface area contributed by atoms with Crippen LogP contribution in [-0.2, 0) is 6.18 Å². The molecule has 6 nitrogen and oxygen atoms in total. The van der Waals surface area contributed by atoms with Gasteiger partial charge in [-0.2, -0.15) is 22.0 Å². The zero-order chi connectivity index (χ0) is 20.1. The third-order valence-corrected chi connectivity index (χ3v) is 3.92. The fraction of sp³-hybridized carbons (Fsp3) is 0.118. The third kappa shape index (κ3) is 2.94. The van der Waals surface area contributed by atoms with Crippen LogP contribution in [0.15, 0.2) is 52.0 Å². The molecule has 144 valence electrons. The predicted molar refractivity (Wildman–Crippen MR) is 86.5 cm³/mol. The van der Waals surface area contributed by atoms with Crippen molar-refractivity contribution in [1.82, 2.24) is 14.5 Å². The van der Waals surface area contributed by atoms with E-state index in [4.69, 9.17) is 4.42 Å². The minimum absolute atomic E-state index is 0.0649. The Morgan fingerprint density at radius 2 is 1.79 bits per heavy atom. The fourth-order valence-corrected chi connectivity index (χ4v) is 2.77. The topological polar surface area (TPSA) is 70.2 Å². The summed E-state index contributed by atoms with van der Waals surface area (Å²) in [5, 5.41) is 0.157. The van der Waals surface area contributed by atoms with Crippen LogP contribution in [-0.4, -0.2) is 21.1 Å². The first-order valence-electron chi connectivity index (χ1n) is 7.67.